The summed E-state index contributed by atoms with van der Waals surface area (Å²) < 4.78 is 27.3. The molecule has 0 aromatic heterocycles. The average Bonchev–Trinajstić information content (AvgIpc) is 2.84. The monoisotopic (exact) mass is 625 g/mol. The van der Waals surface area contributed by atoms with Crippen molar-refractivity contribution in [2.24, 2.45) is 0 Å². The zero-order valence-electron chi connectivity index (χ0n) is 20.2. The number of amides is 2. The molecule has 0 aliphatic rings. The predicted molar refractivity (Wildman–Crippen MR) is 151 cm³/mol. The minimum absolute atomic E-state index is 0.0882. The van der Waals surface area contributed by atoms with Gasteiger partial charge in [0.05, 0.1) is 11.9 Å². The van der Waals surface area contributed by atoms with E-state index in [1.807, 2.05) is 54.6 Å². The molecule has 0 bridgehead atoms. The summed E-state index contributed by atoms with van der Waals surface area (Å²) >= 11 is 15.6. The SMILES string of the molecule is CNC(=O)C(Cc1ccccc1)N(Cc1ccc(Br)cc1)C(=O)CN(c1cc(Cl)cc(Cl)c1)S(C)(=O)=O. The molecule has 1 atom stereocenters. The molecule has 0 heterocycles. The Bertz CT molecular complexity index is 1340. The van der Waals surface area contributed by atoms with E-state index in [1.54, 1.807) is 0 Å². The van der Waals surface area contributed by atoms with Crippen LogP contribution >= 0.6 is 39.1 Å². The van der Waals surface area contributed by atoms with E-state index in [-0.39, 0.29) is 34.6 Å². The van der Waals surface area contributed by atoms with Crippen molar-refractivity contribution in [3.05, 3.63) is 98.4 Å². The summed E-state index contributed by atoms with van der Waals surface area (Å²) in [4.78, 5) is 28.3. The molecule has 3 aromatic carbocycles. The number of anilines is 1. The largest absolute Gasteiger partial charge is 0.357 e. The van der Waals surface area contributed by atoms with Crippen LogP contribution in [0.25, 0.3) is 0 Å². The number of likely N-dealkylation sites (N-methyl/N-ethyl adjacent to an activating group) is 1. The Morgan fingerprint density at radius 1 is 0.946 bits per heavy atom. The second kappa shape index (κ2) is 12.8. The molecular weight excluding hydrogens is 601 g/mol. The molecule has 0 aliphatic heterocycles. The van der Waals surface area contributed by atoms with Gasteiger partial charge in [0.2, 0.25) is 21.8 Å². The van der Waals surface area contributed by atoms with Gasteiger partial charge in [-0.1, -0.05) is 81.6 Å². The van der Waals surface area contributed by atoms with Crippen molar-refractivity contribution in [3.63, 3.8) is 0 Å². The van der Waals surface area contributed by atoms with E-state index < -0.39 is 28.5 Å². The Morgan fingerprint density at radius 2 is 1.54 bits per heavy atom. The zero-order valence-corrected chi connectivity index (χ0v) is 24.1. The quantitative estimate of drug-likeness (QED) is 0.347. The summed E-state index contributed by atoms with van der Waals surface area (Å²) in [5.74, 6) is -0.931. The number of nitrogens with one attached hydrogen (secondary N) is 1. The van der Waals surface area contributed by atoms with Crippen molar-refractivity contribution in [1.82, 2.24) is 10.2 Å². The van der Waals surface area contributed by atoms with Gasteiger partial charge in [0.1, 0.15) is 12.6 Å². The molecule has 0 aliphatic carbocycles. The van der Waals surface area contributed by atoms with Gasteiger partial charge in [0.25, 0.3) is 0 Å². The van der Waals surface area contributed by atoms with Crippen LogP contribution in [0.4, 0.5) is 5.69 Å². The van der Waals surface area contributed by atoms with Gasteiger partial charge in [-0.15, -0.1) is 0 Å². The van der Waals surface area contributed by atoms with Crippen LogP contribution in [0.5, 0.6) is 0 Å². The van der Waals surface area contributed by atoms with Gasteiger partial charge >= 0.3 is 0 Å². The number of sulfonamides is 1. The van der Waals surface area contributed by atoms with E-state index in [1.165, 1.54) is 30.1 Å². The maximum absolute atomic E-state index is 13.8. The van der Waals surface area contributed by atoms with Crippen LogP contribution < -0.4 is 9.62 Å². The summed E-state index contributed by atoms with van der Waals surface area (Å²) in [5, 5.41) is 3.09. The molecule has 0 fully saturated rings. The summed E-state index contributed by atoms with van der Waals surface area (Å²) in [6, 6.07) is 20.1. The minimum Gasteiger partial charge on any atom is -0.357 e. The summed E-state index contributed by atoms with van der Waals surface area (Å²) in [5.41, 5.74) is 1.78. The first-order valence-electron chi connectivity index (χ1n) is 11.2. The van der Waals surface area contributed by atoms with E-state index in [2.05, 4.69) is 21.2 Å². The van der Waals surface area contributed by atoms with Crippen LogP contribution in [-0.2, 0) is 32.6 Å². The van der Waals surface area contributed by atoms with Crippen molar-refractivity contribution in [2.45, 2.75) is 19.0 Å². The fourth-order valence-corrected chi connectivity index (χ4v) is 5.42. The van der Waals surface area contributed by atoms with Gasteiger partial charge in [-0.25, -0.2) is 8.42 Å². The Morgan fingerprint density at radius 3 is 2.08 bits per heavy atom. The molecule has 1 N–H and O–H groups in total. The molecule has 7 nitrogen and oxygen atoms in total. The fraction of sp³-hybridized carbons (Fsp3) is 0.231. The molecule has 3 rings (SSSR count). The maximum Gasteiger partial charge on any atom is 0.244 e. The number of carbonyl (C=O) groups excluding carboxylic acids is 2. The lowest BCUT2D eigenvalue weighted by Gasteiger charge is -2.33. The first-order valence-corrected chi connectivity index (χ1v) is 14.6. The summed E-state index contributed by atoms with van der Waals surface area (Å²) in [7, 11) is -2.41. The van der Waals surface area contributed by atoms with Crippen LogP contribution in [0, 0.1) is 0 Å². The van der Waals surface area contributed by atoms with E-state index in [4.69, 9.17) is 23.2 Å². The van der Waals surface area contributed by atoms with Gasteiger partial charge < -0.3 is 10.2 Å². The Kier molecular flexibility index (Phi) is 10.0. The second-order valence-electron chi connectivity index (χ2n) is 8.37. The second-order valence-corrected chi connectivity index (χ2v) is 12.1. The van der Waals surface area contributed by atoms with Crippen molar-refractivity contribution < 1.29 is 18.0 Å². The number of benzene rings is 3. The predicted octanol–water partition coefficient (Wildman–Crippen LogP) is 4.91. The molecule has 37 heavy (non-hydrogen) atoms. The molecule has 11 heteroatoms. The fourth-order valence-electron chi connectivity index (χ4n) is 3.80. The maximum atomic E-state index is 13.8. The third kappa shape index (κ3) is 8.20. The Hall–Kier alpha value is -2.59. The lowest BCUT2D eigenvalue weighted by molar-refractivity contribution is -0.139. The van der Waals surface area contributed by atoms with Crippen LogP contribution in [0.3, 0.4) is 0 Å². The zero-order chi connectivity index (χ0) is 27.2. The van der Waals surface area contributed by atoms with Crippen LogP contribution in [0.1, 0.15) is 11.1 Å². The summed E-state index contributed by atoms with van der Waals surface area (Å²) in [6.07, 6.45) is 1.24. The standard InChI is InChI=1S/C26H26BrCl2N3O4S/c1-30-26(34)24(12-18-6-4-3-5-7-18)31(16-19-8-10-20(27)11-9-19)25(33)17-32(37(2,35)36)23-14-21(28)13-22(29)15-23/h3-11,13-15,24H,12,16-17H2,1-2H3,(H,30,34). The molecular formula is C26H26BrCl2N3O4S. The number of carbonyl (C=O) groups is 2. The van der Waals surface area contributed by atoms with Gasteiger partial charge in [0, 0.05) is 34.5 Å². The van der Waals surface area contributed by atoms with Crippen molar-refractivity contribution in [2.75, 3.05) is 24.2 Å². The molecule has 0 radical (unpaired) electrons. The van der Waals surface area contributed by atoms with Crippen molar-refractivity contribution >= 4 is 66.7 Å². The molecule has 0 saturated heterocycles. The van der Waals surface area contributed by atoms with E-state index >= 15 is 0 Å². The summed E-state index contributed by atoms with van der Waals surface area (Å²) in [6.45, 7) is -0.459. The number of hydrogen-bond donors (Lipinski definition) is 1. The molecule has 196 valence electrons. The van der Waals surface area contributed by atoms with Crippen molar-refractivity contribution in [3.8, 4) is 0 Å². The van der Waals surface area contributed by atoms with E-state index in [0.717, 1.165) is 26.2 Å². The minimum atomic E-state index is -3.91. The molecule has 0 spiro atoms. The van der Waals surface area contributed by atoms with Crippen LogP contribution in [0.15, 0.2) is 77.3 Å². The van der Waals surface area contributed by atoms with Gasteiger partial charge in [-0.3, -0.25) is 13.9 Å². The highest BCUT2D eigenvalue weighted by molar-refractivity contribution is 9.10. The highest BCUT2D eigenvalue weighted by Crippen LogP contribution is 2.27. The third-order valence-corrected chi connectivity index (χ3v) is 7.70. The topological polar surface area (TPSA) is 86.8 Å². The van der Waals surface area contributed by atoms with E-state index in [9.17, 15) is 18.0 Å². The normalized spacial score (nSPS) is 12.0. The number of halogens is 3. The van der Waals surface area contributed by atoms with Gasteiger partial charge in [-0.05, 0) is 41.5 Å². The Balaban J connectivity index is 2.03. The van der Waals surface area contributed by atoms with Gasteiger partial charge in [-0.2, -0.15) is 0 Å². The third-order valence-electron chi connectivity index (χ3n) is 5.60. The number of nitrogens with zero attached hydrogens (tertiary/aromatic N) is 2. The van der Waals surface area contributed by atoms with Crippen molar-refractivity contribution in [1.29, 1.82) is 0 Å². The lowest BCUT2D eigenvalue weighted by atomic mass is 10.0. The molecule has 1 unspecified atom stereocenters. The van der Waals surface area contributed by atoms with Crippen LogP contribution in [-0.4, -0.2) is 51.0 Å². The highest BCUT2D eigenvalue weighted by Gasteiger charge is 2.32. The van der Waals surface area contributed by atoms with Crippen LogP contribution in [0.2, 0.25) is 10.0 Å². The smallest absolute Gasteiger partial charge is 0.244 e. The average molecular weight is 627 g/mol. The molecule has 2 amide bonds. The first kappa shape index (κ1) is 29.0. The molecule has 0 saturated carbocycles. The number of rotatable bonds is 10. The molecule has 3 aromatic rings. The van der Waals surface area contributed by atoms with Gasteiger partial charge in [0.15, 0.2) is 0 Å². The lowest BCUT2D eigenvalue weighted by Crippen LogP contribution is -2.52. The Labute approximate surface area is 235 Å². The highest BCUT2D eigenvalue weighted by atomic mass is 79.9. The number of hydrogen-bond acceptors (Lipinski definition) is 4. The first-order chi connectivity index (χ1) is 17.5. The van der Waals surface area contributed by atoms with E-state index in [0.29, 0.717) is 0 Å².